The van der Waals surface area contributed by atoms with Crippen LogP contribution in [0.3, 0.4) is 0 Å². The van der Waals surface area contributed by atoms with Crippen LogP contribution >= 0.6 is 11.3 Å². The van der Waals surface area contributed by atoms with E-state index in [0.29, 0.717) is 16.7 Å². The maximum Gasteiger partial charge on any atom is 0.259 e. The number of anilines is 2. The lowest BCUT2D eigenvalue weighted by Crippen LogP contribution is -2.37. The number of piperidine rings is 1. The van der Waals surface area contributed by atoms with E-state index < -0.39 is 0 Å². The minimum absolute atomic E-state index is 0.241. The molecular weight excluding hydrogens is 340 g/mol. The van der Waals surface area contributed by atoms with Gasteiger partial charge in [-0.25, -0.2) is 14.6 Å². The van der Waals surface area contributed by atoms with Gasteiger partial charge in [0.25, 0.3) is 5.91 Å². The second-order valence-corrected chi connectivity index (χ2v) is 6.55. The highest BCUT2D eigenvalue weighted by Gasteiger charge is 2.23. The molecule has 1 fully saturated rings. The largest absolute Gasteiger partial charge is 0.354 e. The summed E-state index contributed by atoms with van der Waals surface area (Å²) in [6.45, 7) is 1.77. The average Bonchev–Trinajstić information content (AvgIpc) is 3.36. The lowest BCUT2D eigenvalue weighted by molar-refractivity contribution is 0.102. The summed E-state index contributed by atoms with van der Waals surface area (Å²) in [6, 6.07) is 3.94. The van der Waals surface area contributed by atoms with Crippen LogP contribution in [-0.2, 0) is 0 Å². The number of pyridine rings is 1. The molecular formula is C15H16N8OS. The molecule has 1 aliphatic heterocycles. The third-order valence-corrected chi connectivity index (χ3v) is 4.73. The molecule has 0 aliphatic carbocycles. The average molecular weight is 356 g/mol. The number of carbonyl (C=O) groups excluding carboxylic acids is 1. The molecule has 1 aliphatic rings. The second-order valence-electron chi connectivity index (χ2n) is 5.72. The molecule has 1 unspecified atom stereocenters. The van der Waals surface area contributed by atoms with Crippen LogP contribution < -0.4 is 10.2 Å². The van der Waals surface area contributed by atoms with Gasteiger partial charge in [-0.3, -0.25) is 10.1 Å². The van der Waals surface area contributed by atoms with Gasteiger partial charge in [0.05, 0.1) is 11.6 Å². The summed E-state index contributed by atoms with van der Waals surface area (Å²) >= 11 is 1.27. The summed E-state index contributed by atoms with van der Waals surface area (Å²) in [5.74, 6) is 0.618. The van der Waals surface area contributed by atoms with Crippen LogP contribution in [0.4, 0.5) is 10.9 Å². The van der Waals surface area contributed by atoms with E-state index in [1.807, 2.05) is 10.7 Å². The van der Waals surface area contributed by atoms with Crippen molar-refractivity contribution in [2.45, 2.75) is 18.9 Å². The Bertz CT molecular complexity index is 818. The molecule has 0 spiro atoms. The van der Waals surface area contributed by atoms with Crippen molar-refractivity contribution < 1.29 is 4.79 Å². The minimum atomic E-state index is -0.241. The fourth-order valence-corrected chi connectivity index (χ4v) is 3.33. The first-order valence-corrected chi connectivity index (χ1v) is 8.80. The first kappa shape index (κ1) is 15.6. The first-order chi connectivity index (χ1) is 12.3. The van der Waals surface area contributed by atoms with Gasteiger partial charge in [0.2, 0.25) is 5.13 Å². The minimum Gasteiger partial charge on any atom is -0.354 e. The Morgan fingerprint density at radius 2 is 2.32 bits per heavy atom. The maximum atomic E-state index is 12.2. The van der Waals surface area contributed by atoms with E-state index in [-0.39, 0.29) is 5.91 Å². The van der Waals surface area contributed by atoms with Crippen LogP contribution in [0.15, 0.2) is 36.5 Å². The molecule has 10 heteroatoms. The summed E-state index contributed by atoms with van der Waals surface area (Å²) in [5.41, 5.74) is 2.06. The second kappa shape index (κ2) is 6.93. The fourth-order valence-electron chi connectivity index (χ4n) is 2.89. The normalized spacial score (nSPS) is 17.4. The molecule has 4 rings (SSSR count). The topological polar surface area (TPSA) is 102 Å². The van der Waals surface area contributed by atoms with Crippen molar-refractivity contribution in [3.63, 3.8) is 0 Å². The van der Waals surface area contributed by atoms with E-state index in [2.05, 4.69) is 35.5 Å². The molecule has 1 atom stereocenters. The Hall–Kier alpha value is -2.88. The predicted octanol–water partition coefficient (Wildman–Crippen LogP) is 1.62. The van der Waals surface area contributed by atoms with Crippen LogP contribution in [0.25, 0.3) is 0 Å². The standard InChI is InChI=1S/C15H16N8OS/c24-14(20-15-21-18-10-25-15)11-3-4-13(17-6-11)22-5-1-2-12(7-22)23-9-16-8-19-23/h3-4,6,8-10,12H,1-2,5,7H2,(H,20,21,24). The van der Waals surface area contributed by atoms with Gasteiger partial charge in [-0.2, -0.15) is 5.10 Å². The number of rotatable bonds is 4. The first-order valence-electron chi connectivity index (χ1n) is 7.92. The van der Waals surface area contributed by atoms with Crippen LogP contribution in [0.5, 0.6) is 0 Å². The Labute approximate surface area is 147 Å². The summed E-state index contributed by atoms with van der Waals surface area (Å²) in [7, 11) is 0. The van der Waals surface area contributed by atoms with Gasteiger partial charge in [-0.05, 0) is 25.0 Å². The zero-order chi connectivity index (χ0) is 17.1. The van der Waals surface area contributed by atoms with E-state index in [4.69, 9.17) is 0 Å². The smallest absolute Gasteiger partial charge is 0.259 e. The summed E-state index contributed by atoms with van der Waals surface area (Å²) in [4.78, 5) is 22.9. The van der Waals surface area contributed by atoms with Gasteiger partial charge in [0.1, 0.15) is 24.0 Å². The van der Waals surface area contributed by atoms with Crippen LogP contribution in [0.1, 0.15) is 29.2 Å². The van der Waals surface area contributed by atoms with Gasteiger partial charge in [-0.1, -0.05) is 11.3 Å². The molecule has 3 aromatic heterocycles. The quantitative estimate of drug-likeness (QED) is 0.758. The lowest BCUT2D eigenvalue weighted by atomic mass is 10.1. The molecule has 1 amide bonds. The molecule has 25 heavy (non-hydrogen) atoms. The molecule has 0 saturated carbocycles. The van der Waals surface area contributed by atoms with E-state index in [1.165, 1.54) is 11.3 Å². The van der Waals surface area contributed by atoms with Crippen molar-refractivity contribution in [1.29, 1.82) is 0 Å². The van der Waals surface area contributed by atoms with Crippen molar-refractivity contribution in [3.8, 4) is 0 Å². The number of hydrogen-bond acceptors (Lipinski definition) is 8. The Kier molecular flexibility index (Phi) is 4.34. The van der Waals surface area contributed by atoms with E-state index in [9.17, 15) is 4.79 Å². The Morgan fingerprint density at radius 3 is 3.04 bits per heavy atom. The number of nitrogens with zero attached hydrogens (tertiary/aromatic N) is 7. The highest BCUT2D eigenvalue weighted by molar-refractivity contribution is 7.13. The molecule has 1 N–H and O–H groups in total. The third kappa shape index (κ3) is 3.48. The molecule has 0 bridgehead atoms. The van der Waals surface area contributed by atoms with Crippen molar-refractivity contribution in [2.24, 2.45) is 0 Å². The van der Waals surface area contributed by atoms with Crippen molar-refractivity contribution in [3.05, 3.63) is 42.1 Å². The van der Waals surface area contributed by atoms with E-state index >= 15 is 0 Å². The van der Waals surface area contributed by atoms with Gasteiger partial charge >= 0.3 is 0 Å². The van der Waals surface area contributed by atoms with Crippen molar-refractivity contribution >= 4 is 28.2 Å². The molecule has 0 aromatic carbocycles. The van der Waals surface area contributed by atoms with Crippen LogP contribution in [-0.4, -0.2) is 48.9 Å². The van der Waals surface area contributed by atoms with E-state index in [1.54, 1.807) is 30.4 Å². The van der Waals surface area contributed by atoms with Gasteiger partial charge in [-0.15, -0.1) is 10.2 Å². The highest BCUT2D eigenvalue weighted by Crippen LogP contribution is 2.24. The fraction of sp³-hybridized carbons (Fsp3) is 0.333. The Balaban J connectivity index is 1.43. The van der Waals surface area contributed by atoms with Crippen molar-refractivity contribution in [1.82, 2.24) is 29.9 Å². The summed E-state index contributed by atoms with van der Waals surface area (Å²) in [5, 5.41) is 14.9. The molecule has 4 heterocycles. The molecule has 128 valence electrons. The van der Waals surface area contributed by atoms with Crippen LogP contribution in [0.2, 0.25) is 0 Å². The maximum absolute atomic E-state index is 12.2. The van der Waals surface area contributed by atoms with E-state index in [0.717, 1.165) is 31.7 Å². The molecule has 3 aromatic rings. The lowest BCUT2D eigenvalue weighted by Gasteiger charge is -2.33. The number of nitrogens with one attached hydrogen (secondary N) is 1. The number of carbonyl (C=O) groups is 1. The number of aromatic nitrogens is 6. The molecule has 0 radical (unpaired) electrons. The van der Waals surface area contributed by atoms with Gasteiger partial charge in [0, 0.05) is 19.3 Å². The predicted molar refractivity (Wildman–Crippen MR) is 92.6 cm³/mol. The summed E-state index contributed by atoms with van der Waals surface area (Å²) < 4.78 is 1.90. The third-order valence-electron chi connectivity index (χ3n) is 4.12. The van der Waals surface area contributed by atoms with Gasteiger partial charge in [0.15, 0.2) is 0 Å². The highest BCUT2D eigenvalue weighted by atomic mass is 32.1. The monoisotopic (exact) mass is 356 g/mol. The zero-order valence-electron chi connectivity index (χ0n) is 13.3. The van der Waals surface area contributed by atoms with Crippen molar-refractivity contribution in [2.75, 3.05) is 23.3 Å². The molecule has 1 saturated heterocycles. The van der Waals surface area contributed by atoms with Gasteiger partial charge < -0.3 is 4.90 Å². The number of hydrogen-bond donors (Lipinski definition) is 1. The Morgan fingerprint density at radius 1 is 1.36 bits per heavy atom. The number of amides is 1. The molecule has 9 nitrogen and oxygen atoms in total. The summed E-state index contributed by atoms with van der Waals surface area (Å²) in [6.07, 6.45) is 7.03. The SMILES string of the molecule is O=C(Nc1nncs1)c1ccc(N2CCCC(n3cncn3)C2)nc1. The zero-order valence-corrected chi connectivity index (χ0v) is 14.1. The van der Waals surface area contributed by atoms with Crippen LogP contribution in [0, 0.1) is 0 Å².